The third-order valence-electron chi connectivity index (χ3n) is 5.03. The lowest BCUT2D eigenvalue weighted by Crippen LogP contribution is -2.38. The lowest BCUT2D eigenvalue weighted by atomic mass is 9.97. The van der Waals surface area contributed by atoms with Crippen molar-refractivity contribution in [3.63, 3.8) is 0 Å². The van der Waals surface area contributed by atoms with Crippen molar-refractivity contribution in [2.75, 3.05) is 36.8 Å². The zero-order valence-electron chi connectivity index (χ0n) is 14.0. The number of nitrogens with zero attached hydrogens (tertiary/aromatic N) is 5. The van der Waals surface area contributed by atoms with Crippen LogP contribution < -0.4 is 16.0 Å². The van der Waals surface area contributed by atoms with Crippen LogP contribution in [0.5, 0.6) is 0 Å². The van der Waals surface area contributed by atoms with Crippen LogP contribution in [0.3, 0.4) is 0 Å². The summed E-state index contributed by atoms with van der Waals surface area (Å²) in [5.41, 5.74) is 8.42. The van der Waals surface area contributed by atoms with Crippen molar-refractivity contribution < 1.29 is 0 Å². The second-order valence-corrected chi connectivity index (χ2v) is 6.79. The van der Waals surface area contributed by atoms with Crippen LogP contribution in [0.1, 0.15) is 24.1 Å². The SMILES string of the molecule is Nc1nc2c(c(N3CCC[C@@H](Cn4ccnc4)C3)n1)CCNCC2. The van der Waals surface area contributed by atoms with Gasteiger partial charge in [0.1, 0.15) is 5.82 Å². The molecule has 4 rings (SSSR count). The van der Waals surface area contributed by atoms with Crippen molar-refractivity contribution in [3.05, 3.63) is 30.0 Å². The maximum Gasteiger partial charge on any atom is 0.222 e. The summed E-state index contributed by atoms with van der Waals surface area (Å²) in [7, 11) is 0. The van der Waals surface area contributed by atoms with Gasteiger partial charge in [-0.3, -0.25) is 0 Å². The summed E-state index contributed by atoms with van der Waals surface area (Å²) in [4.78, 5) is 15.7. The van der Waals surface area contributed by atoms with Gasteiger partial charge in [-0.15, -0.1) is 0 Å². The molecule has 2 aromatic heterocycles. The molecule has 4 heterocycles. The maximum absolute atomic E-state index is 6.00. The molecule has 3 N–H and O–H groups in total. The Kier molecular flexibility index (Phi) is 4.34. The summed E-state index contributed by atoms with van der Waals surface area (Å²) in [6.07, 6.45) is 10.1. The van der Waals surface area contributed by atoms with E-state index in [1.54, 1.807) is 0 Å². The Morgan fingerprint density at radius 1 is 1.25 bits per heavy atom. The van der Waals surface area contributed by atoms with Crippen LogP contribution in [0, 0.1) is 5.92 Å². The molecule has 1 atom stereocenters. The molecule has 0 saturated carbocycles. The van der Waals surface area contributed by atoms with Crippen molar-refractivity contribution >= 4 is 11.8 Å². The first-order valence-corrected chi connectivity index (χ1v) is 8.86. The Bertz CT molecular complexity index is 682. The lowest BCUT2D eigenvalue weighted by Gasteiger charge is -2.35. The summed E-state index contributed by atoms with van der Waals surface area (Å²) < 4.78 is 2.17. The Hall–Kier alpha value is -2.15. The summed E-state index contributed by atoms with van der Waals surface area (Å²) >= 11 is 0. The number of nitrogens with two attached hydrogens (primary N) is 1. The Labute approximate surface area is 142 Å². The first kappa shape index (κ1) is 15.4. The van der Waals surface area contributed by atoms with Gasteiger partial charge in [0.25, 0.3) is 0 Å². The van der Waals surface area contributed by atoms with Gasteiger partial charge in [0, 0.05) is 50.6 Å². The minimum atomic E-state index is 0.405. The third kappa shape index (κ3) is 3.21. The van der Waals surface area contributed by atoms with E-state index in [2.05, 4.69) is 29.7 Å². The Balaban J connectivity index is 1.57. The van der Waals surface area contributed by atoms with Gasteiger partial charge >= 0.3 is 0 Å². The molecule has 0 radical (unpaired) electrons. The fourth-order valence-electron chi connectivity index (χ4n) is 3.90. The number of hydrogen-bond donors (Lipinski definition) is 2. The fraction of sp³-hybridized carbons (Fsp3) is 0.588. The van der Waals surface area contributed by atoms with Crippen LogP contribution in [0.15, 0.2) is 18.7 Å². The van der Waals surface area contributed by atoms with Crippen molar-refractivity contribution in [2.45, 2.75) is 32.2 Å². The molecule has 0 unspecified atom stereocenters. The summed E-state index contributed by atoms with van der Waals surface area (Å²) in [5, 5.41) is 3.44. The number of rotatable bonds is 3. The lowest BCUT2D eigenvalue weighted by molar-refractivity contribution is 0.365. The third-order valence-corrected chi connectivity index (χ3v) is 5.03. The number of aromatic nitrogens is 4. The van der Waals surface area contributed by atoms with Gasteiger partial charge in [0.15, 0.2) is 0 Å². The van der Waals surface area contributed by atoms with Gasteiger partial charge < -0.3 is 20.5 Å². The van der Waals surface area contributed by atoms with Crippen LogP contribution in [0.4, 0.5) is 11.8 Å². The van der Waals surface area contributed by atoms with Crippen LogP contribution in [-0.2, 0) is 19.4 Å². The number of piperidine rings is 1. The molecule has 7 heteroatoms. The van der Waals surface area contributed by atoms with Gasteiger partial charge in [0.2, 0.25) is 5.95 Å². The number of fused-ring (bicyclic) bond motifs is 1. The largest absolute Gasteiger partial charge is 0.368 e. The van der Waals surface area contributed by atoms with Crippen molar-refractivity contribution in [2.24, 2.45) is 5.92 Å². The molecule has 1 saturated heterocycles. The first-order chi connectivity index (χ1) is 11.8. The highest BCUT2D eigenvalue weighted by molar-refractivity contribution is 5.53. The molecular weight excluding hydrogens is 302 g/mol. The maximum atomic E-state index is 6.00. The van der Waals surface area contributed by atoms with Crippen molar-refractivity contribution in [3.8, 4) is 0 Å². The molecule has 0 aliphatic carbocycles. The van der Waals surface area contributed by atoms with Gasteiger partial charge in [-0.2, -0.15) is 4.98 Å². The molecule has 7 nitrogen and oxygen atoms in total. The van der Waals surface area contributed by atoms with E-state index in [1.807, 2.05) is 18.7 Å². The second-order valence-electron chi connectivity index (χ2n) is 6.79. The monoisotopic (exact) mass is 327 g/mol. The molecule has 1 fully saturated rings. The van der Waals surface area contributed by atoms with E-state index in [1.165, 1.54) is 18.4 Å². The number of imidazole rings is 1. The molecule has 0 bridgehead atoms. The molecule has 2 aromatic rings. The molecular formula is C17H25N7. The summed E-state index contributed by atoms with van der Waals surface area (Å²) in [6, 6.07) is 0. The van der Waals surface area contributed by atoms with Crippen LogP contribution >= 0.6 is 0 Å². The molecule has 24 heavy (non-hydrogen) atoms. The predicted octanol–water partition coefficient (Wildman–Crippen LogP) is 0.860. The zero-order valence-corrected chi connectivity index (χ0v) is 14.0. The minimum Gasteiger partial charge on any atom is -0.368 e. The number of anilines is 2. The molecule has 0 amide bonds. The zero-order chi connectivity index (χ0) is 16.4. The van der Waals surface area contributed by atoms with E-state index < -0.39 is 0 Å². The molecule has 2 aliphatic rings. The quantitative estimate of drug-likeness (QED) is 0.870. The molecule has 128 valence electrons. The number of hydrogen-bond acceptors (Lipinski definition) is 6. The van der Waals surface area contributed by atoms with Gasteiger partial charge in [0.05, 0.1) is 12.0 Å². The van der Waals surface area contributed by atoms with Gasteiger partial charge in [-0.25, -0.2) is 9.97 Å². The predicted molar refractivity (Wildman–Crippen MR) is 93.9 cm³/mol. The number of nitrogen functional groups attached to an aromatic ring is 1. The van der Waals surface area contributed by atoms with Crippen molar-refractivity contribution in [1.82, 2.24) is 24.8 Å². The van der Waals surface area contributed by atoms with Crippen LogP contribution in [-0.4, -0.2) is 45.7 Å². The average Bonchev–Trinajstić information content (AvgIpc) is 2.98. The van der Waals surface area contributed by atoms with E-state index in [9.17, 15) is 0 Å². The smallest absolute Gasteiger partial charge is 0.222 e. The highest BCUT2D eigenvalue weighted by Crippen LogP contribution is 2.28. The highest BCUT2D eigenvalue weighted by Gasteiger charge is 2.25. The second kappa shape index (κ2) is 6.76. The Morgan fingerprint density at radius 3 is 3.04 bits per heavy atom. The van der Waals surface area contributed by atoms with Crippen LogP contribution in [0.2, 0.25) is 0 Å². The summed E-state index contributed by atoms with van der Waals surface area (Å²) in [5.74, 6) is 2.09. The van der Waals surface area contributed by atoms with E-state index >= 15 is 0 Å². The van der Waals surface area contributed by atoms with E-state index in [-0.39, 0.29) is 0 Å². The standard InChI is InChI=1S/C17H25N7/c18-17-21-15-4-6-19-5-3-14(15)16(22-17)24-8-1-2-13(11-24)10-23-9-7-20-12-23/h7,9,12-13,19H,1-6,8,10-11H2,(H2,18,21,22)/t13-/m0/s1. The normalized spacial score (nSPS) is 21.3. The van der Waals surface area contributed by atoms with Crippen LogP contribution in [0.25, 0.3) is 0 Å². The van der Waals surface area contributed by atoms with Gasteiger partial charge in [-0.05, 0) is 31.7 Å². The molecule has 0 aromatic carbocycles. The molecule has 0 spiro atoms. The topological polar surface area (TPSA) is 84.9 Å². The summed E-state index contributed by atoms with van der Waals surface area (Å²) in [6.45, 7) is 5.04. The first-order valence-electron chi connectivity index (χ1n) is 8.86. The van der Waals surface area contributed by atoms with E-state index in [0.717, 1.165) is 57.1 Å². The Morgan fingerprint density at radius 2 is 2.17 bits per heavy atom. The average molecular weight is 327 g/mol. The van der Waals surface area contributed by atoms with E-state index in [0.29, 0.717) is 11.9 Å². The van der Waals surface area contributed by atoms with Crippen molar-refractivity contribution in [1.29, 1.82) is 0 Å². The highest BCUT2D eigenvalue weighted by atomic mass is 15.2. The minimum absolute atomic E-state index is 0.405. The number of nitrogens with one attached hydrogen (secondary N) is 1. The fourth-order valence-corrected chi connectivity index (χ4v) is 3.90. The van der Waals surface area contributed by atoms with Gasteiger partial charge in [-0.1, -0.05) is 0 Å². The molecule has 2 aliphatic heterocycles. The van der Waals surface area contributed by atoms with E-state index in [4.69, 9.17) is 5.73 Å².